The Morgan fingerprint density at radius 1 is 1.04 bits per heavy atom. The van der Waals surface area contributed by atoms with Crippen LogP contribution in [0.4, 0.5) is 0 Å². The Morgan fingerprint density at radius 2 is 1.69 bits per heavy atom. The van der Waals surface area contributed by atoms with Crippen LogP contribution in [0, 0.1) is 5.92 Å². The smallest absolute Gasteiger partial charge is 0.308 e. The number of ether oxygens (including phenoxy) is 1. The van der Waals surface area contributed by atoms with Crippen LogP contribution in [0.1, 0.15) is 43.4 Å². The number of carboxylic acids is 1. The molecule has 2 aromatic rings. The van der Waals surface area contributed by atoms with E-state index >= 15 is 0 Å². The third-order valence-corrected chi connectivity index (χ3v) is 4.52. The molecule has 0 aromatic heterocycles. The lowest BCUT2D eigenvalue weighted by molar-refractivity contribution is -0.142. The zero-order valence-electron chi connectivity index (χ0n) is 15.3. The molecule has 3 atom stereocenters. The zero-order chi connectivity index (χ0) is 19.1. The van der Waals surface area contributed by atoms with Crippen molar-refractivity contribution in [2.75, 3.05) is 7.11 Å². The number of rotatable bonds is 8. The first-order valence-electron chi connectivity index (χ1n) is 8.63. The van der Waals surface area contributed by atoms with Gasteiger partial charge in [-0.05, 0) is 36.1 Å². The van der Waals surface area contributed by atoms with Gasteiger partial charge in [0, 0.05) is 6.42 Å². The summed E-state index contributed by atoms with van der Waals surface area (Å²) in [5.74, 6) is -1.12. The predicted molar refractivity (Wildman–Crippen MR) is 100 cm³/mol. The Bertz CT molecular complexity index is 745. The van der Waals surface area contributed by atoms with Crippen molar-refractivity contribution in [3.8, 4) is 5.75 Å². The van der Waals surface area contributed by atoms with E-state index in [-0.39, 0.29) is 18.2 Å². The number of aliphatic carboxylic acids is 1. The van der Waals surface area contributed by atoms with Crippen molar-refractivity contribution in [1.29, 1.82) is 0 Å². The quantitative estimate of drug-likeness (QED) is 0.756. The third-order valence-electron chi connectivity index (χ3n) is 4.52. The molecule has 0 heterocycles. The fourth-order valence-electron chi connectivity index (χ4n) is 2.88. The van der Waals surface area contributed by atoms with E-state index in [1.807, 2.05) is 61.5 Å². The normalized spacial score (nSPS) is 14.1. The fraction of sp³-hybridized carbons (Fsp3) is 0.333. The average molecular weight is 355 g/mol. The van der Waals surface area contributed by atoms with Gasteiger partial charge >= 0.3 is 5.97 Å². The van der Waals surface area contributed by atoms with Crippen LogP contribution in [-0.4, -0.2) is 24.1 Å². The molecule has 3 unspecified atom stereocenters. The van der Waals surface area contributed by atoms with Gasteiger partial charge in [-0.2, -0.15) is 0 Å². The molecule has 0 aliphatic carbocycles. The molecule has 0 saturated heterocycles. The number of hydrogen-bond acceptors (Lipinski definition) is 3. The van der Waals surface area contributed by atoms with Crippen LogP contribution >= 0.6 is 0 Å². The van der Waals surface area contributed by atoms with E-state index in [1.165, 1.54) is 0 Å². The number of hydrogen-bond donors (Lipinski definition) is 2. The molecule has 0 aliphatic heterocycles. The highest BCUT2D eigenvalue weighted by Crippen LogP contribution is 2.25. The third kappa shape index (κ3) is 5.09. The minimum absolute atomic E-state index is 0.0124. The molecule has 5 heteroatoms. The van der Waals surface area contributed by atoms with E-state index < -0.39 is 17.9 Å². The summed E-state index contributed by atoms with van der Waals surface area (Å²) in [7, 11) is 1.61. The number of amides is 1. The lowest BCUT2D eigenvalue weighted by Gasteiger charge is -2.24. The van der Waals surface area contributed by atoms with Crippen LogP contribution in [-0.2, 0) is 9.59 Å². The lowest BCUT2D eigenvalue weighted by Crippen LogP contribution is -2.36. The molecular formula is C21H25NO4. The summed E-state index contributed by atoms with van der Waals surface area (Å²) in [6.07, 6.45) is 0.267. The molecule has 0 radical (unpaired) electrons. The first kappa shape index (κ1) is 19.5. The van der Waals surface area contributed by atoms with Crippen LogP contribution < -0.4 is 10.1 Å². The predicted octanol–water partition coefficient (Wildman–Crippen LogP) is 3.77. The van der Waals surface area contributed by atoms with Crippen molar-refractivity contribution in [3.63, 3.8) is 0 Å². The molecular weight excluding hydrogens is 330 g/mol. The van der Waals surface area contributed by atoms with Gasteiger partial charge in [-0.15, -0.1) is 0 Å². The highest BCUT2D eigenvalue weighted by Gasteiger charge is 2.27. The largest absolute Gasteiger partial charge is 0.497 e. The van der Waals surface area contributed by atoms with Gasteiger partial charge in [-0.3, -0.25) is 9.59 Å². The maximum absolute atomic E-state index is 12.6. The van der Waals surface area contributed by atoms with Crippen LogP contribution in [0.5, 0.6) is 5.75 Å². The van der Waals surface area contributed by atoms with Crippen molar-refractivity contribution in [2.45, 2.75) is 32.2 Å². The van der Waals surface area contributed by atoms with E-state index in [9.17, 15) is 14.7 Å². The molecule has 0 fully saturated rings. The van der Waals surface area contributed by atoms with E-state index in [2.05, 4.69) is 5.32 Å². The SMILES string of the molecule is COc1cccc(C(C)CC(=O)NC(c2ccccc2)C(C)C(=O)O)c1. The molecule has 0 aliphatic rings. The number of carbonyl (C=O) groups excluding carboxylic acids is 1. The van der Waals surface area contributed by atoms with Gasteiger partial charge < -0.3 is 15.2 Å². The van der Waals surface area contributed by atoms with Crippen LogP contribution in [0.3, 0.4) is 0 Å². The molecule has 1 amide bonds. The molecule has 5 nitrogen and oxygen atoms in total. The Balaban J connectivity index is 2.10. The first-order chi connectivity index (χ1) is 12.4. The van der Waals surface area contributed by atoms with Gasteiger partial charge in [0.1, 0.15) is 5.75 Å². The molecule has 0 spiro atoms. The van der Waals surface area contributed by atoms with Crippen molar-refractivity contribution < 1.29 is 19.4 Å². The molecule has 0 bridgehead atoms. The van der Waals surface area contributed by atoms with Gasteiger partial charge in [0.2, 0.25) is 5.91 Å². The number of carboxylic acid groups (broad SMARTS) is 1. The molecule has 2 rings (SSSR count). The van der Waals surface area contributed by atoms with E-state index in [1.54, 1.807) is 14.0 Å². The molecule has 2 aromatic carbocycles. The standard InChI is InChI=1S/C21H25NO4/c1-14(17-10-7-11-18(13-17)26-3)12-19(23)22-20(15(2)21(24)25)16-8-5-4-6-9-16/h4-11,13-15,20H,12H2,1-3H3,(H,22,23)(H,24,25). The Hall–Kier alpha value is -2.82. The van der Waals surface area contributed by atoms with E-state index in [0.717, 1.165) is 16.9 Å². The van der Waals surface area contributed by atoms with Crippen LogP contribution in [0.15, 0.2) is 54.6 Å². The second-order valence-corrected chi connectivity index (χ2v) is 6.46. The number of methoxy groups -OCH3 is 1. The highest BCUT2D eigenvalue weighted by molar-refractivity contribution is 5.79. The lowest BCUT2D eigenvalue weighted by atomic mass is 9.93. The summed E-state index contributed by atoms with van der Waals surface area (Å²) >= 11 is 0. The minimum atomic E-state index is -0.944. The van der Waals surface area contributed by atoms with Gasteiger partial charge in [0.25, 0.3) is 0 Å². The summed E-state index contributed by atoms with van der Waals surface area (Å²) in [6, 6.07) is 16.2. The van der Waals surface area contributed by atoms with Crippen molar-refractivity contribution in [2.24, 2.45) is 5.92 Å². The Morgan fingerprint density at radius 3 is 2.31 bits per heavy atom. The van der Waals surface area contributed by atoms with Crippen molar-refractivity contribution in [3.05, 3.63) is 65.7 Å². The van der Waals surface area contributed by atoms with Gasteiger partial charge in [-0.1, -0.05) is 49.4 Å². The Labute approximate surface area is 154 Å². The molecule has 138 valence electrons. The maximum Gasteiger partial charge on any atom is 0.308 e. The summed E-state index contributed by atoms with van der Waals surface area (Å²) in [6.45, 7) is 3.57. The van der Waals surface area contributed by atoms with Crippen molar-refractivity contribution in [1.82, 2.24) is 5.32 Å². The van der Waals surface area contributed by atoms with Crippen molar-refractivity contribution >= 4 is 11.9 Å². The highest BCUT2D eigenvalue weighted by atomic mass is 16.5. The van der Waals surface area contributed by atoms with Gasteiger partial charge in [-0.25, -0.2) is 0 Å². The summed E-state index contributed by atoms with van der Waals surface area (Å²) < 4.78 is 5.22. The van der Waals surface area contributed by atoms with E-state index in [4.69, 9.17) is 4.74 Å². The van der Waals surface area contributed by atoms with Crippen LogP contribution in [0.2, 0.25) is 0 Å². The average Bonchev–Trinajstić information content (AvgIpc) is 2.66. The Kier molecular flexibility index (Phi) is 6.78. The summed E-state index contributed by atoms with van der Waals surface area (Å²) in [5, 5.41) is 12.3. The van der Waals surface area contributed by atoms with Gasteiger partial charge in [0.05, 0.1) is 19.1 Å². The molecule has 0 saturated carbocycles. The molecule has 26 heavy (non-hydrogen) atoms. The number of nitrogens with one attached hydrogen (secondary N) is 1. The van der Waals surface area contributed by atoms with Gasteiger partial charge in [0.15, 0.2) is 0 Å². The minimum Gasteiger partial charge on any atom is -0.497 e. The summed E-state index contributed by atoms with van der Waals surface area (Å²) in [4.78, 5) is 24.0. The second-order valence-electron chi connectivity index (χ2n) is 6.46. The maximum atomic E-state index is 12.6. The number of carbonyl (C=O) groups is 2. The molecule has 2 N–H and O–H groups in total. The second kappa shape index (κ2) is 9.04. The van der Waals surface area contributed by atoms with Crippen LogP contribution in [0.25, 0.3) is 0 Å². The number of benzene rings is 2. The fourth-order valence-corrected chi connectivity index (χ4v) is 2.88. The zero-order valence-corrected chi connectivity index (χ0v) is 15.3. The monoisotopic (exact) mass is 355 g/mol. The topological polar surface area (TPSA) is 75.6 Å². The summed E-state index contributed by atoms with van der Waals surface area (Å²) in [5.41, 5.74) is 1.78. The van der Waals surface area contributed by atoms with E-state index in [0.29, 0.717) is 0 Å². The first-order valence-corrected chi connectivity index (χ1v) is 8.63.